The molecule has 2 nitrogen and oxygen atoms in total. The summed E-state index contributed by atoms with van der Waals surface area (Å²) < 4.78 is 4.96. The van der Waals surface area contributed by atoms with Gasteiger partial charge in [-0.3, -0.25) is 0 Å². The van der Waals surface area contributed by atoms with Crippen LogP contribution < -0.4 is 5.32 Å². The molecule has 3 heteroatoms. The average Bonchev–Trinajstić information content (AvgIpc) is 2.16. The number of thioether (sulfide) groups is 1. The molecule has 0 aromatic rings. The van der Waals surface area contributed by atoms with Gasteiger partial charge in [-0.25, -0.2) is 0 Å². The molecule has 0 rings (SSSR count). The summed E-state index contributed by atoms with van der Waals surface area (Å²) in [5, 5.41) is 4.21. The average molecular weight is 205 g/mol. The van der Waals surface area contributed by atoms with E-state index in [0.717, 1.165) is 31.4 Å². The van der Waals surface area contributed by atoms with Gasteiger partial charge in [-0.05, 0) is 19.4 Å². The zero-order chi connectivity index (χ0) is 9.94. The van der Waals surface area contributed by atoms with Gasteiger partial charge >= 0.3 is 0 Å². The molecule has 80 valence electrons. The van der Waals surface area contributed by atoms with Gasteiger partial charge in [-0.15, -0.1) is 0 Å². The summed E-state index contributed by atoms with van der Waals surface area (Å²) >= 11 is 2.05. The van der Waals surface area contributed by atoms with E-state index in [1.165, 1.54) is 12.2 Å². The van der Waals surface area contributed by atoms with Crippen LogP contribution in [0.25, 0.3) is 0 Å². The van der Waals surface area contributed by atoms with Crippen molar-refractivity contribution in [2.45, 2.75) is 31.9 Å². The van der Waals surface area contributed by atoms with Crippen LogP contribution in [-0.4, -0.2) is 37.8 Å². The Morgan fingerprint density at radius 3 is 2.77 bits per heavy atom. The summed E-state index contributed by atoms with van der Waals surface area (Å²) in [6.07, 6.45) is 2.39. The van der Waals surface area contributed by atoms with Gasteiger partial charge in [0.25, 0.3) is 0 Å². The minimum Gasteiger partial charge on any atom is -0.385 e. The third-order valence-electron chi connectivity index (χ3n) is 1.96. The Hall–Kier alpha value is 0.270. The quantitative estimate of drug-likeness (QED) is 0.583. The monoisotopic (exact) mass is 205 g/mol. The Morgan fingerprint density at radius 1 is 1.38 bits per heavy atom. The highest BCUT2D eigenvalue weighted by Crippen LogP contribution is 2.11. The Labute approximate surface area is 86.8 Å². The summed E-state index contributed by atoms with van der Waals surface area (Å²) in [5.41, 5.74) is 0. The van der Waals surface area contributed by atoms with Gasteiger partial charge in [-0.1, -0.05) is 13.8 Å². The standard InChI is InChI=1S/C10H23NOS/c1-4-10(2)13-9-7-11-6-5-8-12-3/h10-11H,4-9H2,1-3H3. The van der Waals surface area contributed by atoms with Crippen molar-refractivity contribution in [3.05, 3.63) is 0 Å². The van der Waals surface area contributed by atoms with Crippen LogP contribution in [0.2, 0.25) is 0 Å². The third-order valence-corrected chi connectivity index (χ3v) is 3.30. The van der Waals surface area contributed by atoms with E-state index in [2.05, 4.69) is 19.2 Å². The van der Waals surface area contributed by atoms with Crippen molar-refractivity contribution >= 4 is 11.8 Å². The molecule has 0 aromatic heterocycles. The van der Waals surface area contributed by atoms with E-state index in [0.29, 0.717) is 0 Å². The summed E-state index contributed by atoms with van der Waals surface area (Å²) in [7, 11) is 1.75. The first kappa shape index (κ1) is 13.3. The van der Waals surface area contributed by atoms with Crippen molar-refractivity contribution in [1.82, 2.24) is 5.32 Å². The molecule has 0 bridgehead atoms. The molecule has 0 saturated carbocycles. The van der Waals surface area contributed by atoms with Gasteiger partial charge < -0.3 is 10.1 Å². The highest BCUT2D eigenvalue weighted by atomic mass is 32.2. The molecule has 0 aliphatic rings. The van der Waals surface area contributed by atoms with Crippen LogP contribution in [0.4, 0.5) is 0 Å². The number of rotatable bonds is 9. The topological polar surface area (TPSA) is 21.3 Å². The minimum atomic E-state index is 0.806. The van der Waals surface area contributed by atoms with E-state index < -0.39 is 0 Å². The van der Waals surface area contributed by atoms with Crippen LogP contribution in [0.15, 0.2) is 0 Å². The largest absolute Gasteiger partial charge is 0.385 e. The van der Waals surface area contributed by atoms with Gasteiger partial charge in [0.1, 0.15) is 0 Å². The normalized spacial score (nSPS) is 13.2. The predicted molar refractivity (Wildman–Crippen MR) is 61.6 cm³/mol. The minimum absolute atomic E-state index is 0.806. The SMILES string of the molecule is CCC(C)SCCNCCCOC. The number of ether oxygens (including phenoxy) is 1. The molecule has 0 aromatic carbocycles. The van der Waals surface area contributed by atoms with Crippen LogP contribution in [0, 0.1) is 0 Å². The molecule has 0 amide bonds. The molecule has 0 saturated heterocycles. The Morgan fingerprint density at radius 2 is 2.15 bits per heavy atom. The second kappa shape index (κ2) is 10.4. The van der Waals surface area contributed by atoms with Crippen molar-refractivity contribution in [2.75, 3.05) is 32.6 Å². The number of hydrogen-bond donors (Lipinski definition) is 1. The van der Waals surface area contributed by atoms with Crippen LogP contribution in [-0.2, 0) is 4.74 Å². The Balaban J connectivity index is 2.91. The maximum atomic E-state index is 4.96. The van der Waals surface area contributed by atoms with Gasteiger partial charge in [0, 0.05) is 31.3 Å². The summed E-state index contributed by atoms with van der Waals surface area (Å²) in [6.45, 7) is 7.60. The van der Waals surface area contributed by atoms with Crippen molar-refractivity contribution in [1.29, 1.82) is 0 Å². The van der Waals surface area contributed by atoms with Crippen molar-refractivity contribution in [3.63, 3.8) is 0 Å². The number of methoxy groups -OCH3 is 1. The van der Waals surface area contributed by atoms with E-state index in [4.69, 9.17) is 4.74 Å². The predicted octanol–water partition coefficient (Wildman–Crippen LogP) is 2.14. The molecular formula is C10H23NOS. The summed E-state index contributed by atoms with van der Waals surface area (Å²) in [5.74, 6) is 1.22. The lowest BCUT2D eigenvalue weighted by Crippen LogP contribution is -2.20. The van der Waals surface area contributed by atoms with E-state index in [9.17, 15) is 0 Å². The lowest BCUT2D eigenvalue weighted by atomic mass is 10.4. The lowest BCUT2D eigenvalue weighted by molar-refractivity contribution is 0.194. The first-order chi connectivity index (χ1) is 6.31. The smallest absolute Gasteiger partial charge is 0.0474 e. The van der Waals surface area contributed by atoms with Crippen LogP contribution in [0.5, 0.6) is 0 Å². The van der Waals surface area contributed by atoms with E-state index in [-0.39, 0.29) is 0 Å². The molecule has 1 unspecified atom stereocenters. The van der Waals surface area contributed by atoms with Crippen LogP contribution in [0.3, 0.4) is 0 Å². The second-order valence-electron chi connectivity index (χ2n) is 3.19. The molecule has 0 aliphatic heterocycles. The highest BCUT2D eigenvalue weighted by molar-refractivity contribution is 7.99. The Kier molecular flexibility index (Phi) is 10.6. The van der Waals surface area contributed by atoms with Gasteiger partial charge in [-0.2, -0.15) is 11.8 Å². The van der Waals surface area contributed by atoms with E-state index in [1.807, 2.05) is 11.8 Å². The molecule has 0 radical (unpaired) electrons. The van der Waals surface area contributed by atoms with Gasteiger partial charge in [0.2, 0.25) is 0 Å². The molecule has 0 fully saturated rings. The van der Waals surface area contributed by atoms with E-state index in [1.54, 1.807) is 7.11 Å². The maximum Gasteiger partial charge on any atom is 0.0474 e. The molecule has 1 N–H and O–H groups in total. The fourth-order valence-corrected chi connectivity index (χ4v) is 1.82. The second-order valence-corrected chi connectivity index (χ2v) is 4.73. The fourth-order valence-electron chi connectivity index (χ4n) is 0.917. The highest BCUT2D eigenvalue weighted by Gasteiger charge is 1.97. The van der Waals surface area contributed by atoms with Gasteiger partial charge in [0.15, 0.2) is 0 Å². The van der Waals surface area contributed by atoms with Gasteiger partial charge in [0.05, 0.1) is 0 Å². The fraction of sp³-hybridized carbons (Fsp3) is 1.00. The number of nitrogens with one attached hydrogen (secondary N) is 1. The third kappa shape index (κ3) is 10.2. The van der Waals surface area contributed by atoms with Crippen molar-refractivity contribution in [2.24, 2.45) is 0 Å². The number of hydrogen-bond acceptors (Lipinski definition) is 3. The molecule has 1 atom stereocenters. The first-order valence-electron chi connectivity index (χ1n) is 5.12. The molecule has 0 spiro atoms. The Bertz CT molecular complexity index is 101. The van der Waals surface area contributed by atoms with Crippen molar-refractivity contribution in [3.8, 4) is 0 Å². The molecule has 13 heavy (non-hydrogen) atoms. The van der Waals surface area contributed by atoms with Crippen molar-refractivity contribution < 1.29 is 4.74 Å². The molecular weight excluding hydrogens is 182 g/mol. The van der Waals surface area contributed by atoms with Crippen LogP contribution >= 0.6 is 11.8 Å². The first-order valence-corrected chi connectivity index (χ1v) is 6.17. The van der Waals surface area contributed by atoms with E-state index >= 15 is 0 Å². The molecule has 0 heterocycles. The zero-order valence-electron chi connectivity index (χ0n) is 9.14. The zero-order valence-corrected chi connectivity index (χ0v) is 9.95. The summed E-state index contributed by atoms with van der Waals surface area (Å²) in [4.78, 5) is 0. The maximum absolute atomic E-state index is 4.96. The lowest BCUT2D eigenvalue weighted by Gasteiger charge is -2.08. The van der Waals surface area contributed by atoms with Crippen LogP contribution in [0.1, 0.15) is 26.7 Å². The molecule has 0 aliphatic carbocycles. The summed E-state index contributed by atoms with van der Waals surface area (Å²) in [6, 6.07) is 0.